The van der Waals surface area contributed by atoms with Crippen LogP contribution in [0.15, 0.2) is 59.5 Å². The maximum absolute atomic E-state index is 12.4. The molecule has 0 unspecified atom stereocenters. The predicted octanol–water partition coefficient (Wildman–Crippen LogP) is 3.11. The first-order valence-corrected chi connectivity index (χ1v) is 7.65. The monoisotopic (exact) mass is 310 g/mol. The topological polar surface area (TPSA) is 51.2 Å². The van der Waals surface area contributed by atoms with E-state index in [1.54, 1.807) is 30.3 Å². The Balaban J connectivity index is 2.16. The summed E-state index contributed by atoms with van der Waals surface area (Å²) < 4.78 is 47.3. The summed E-state index contributed by atoms with van der Waals surface area (Å²) in [6.07, 6.45) is 0.0824. The van der Waals surface area contributed by atoms with Crippen LogP contribution in [0, 0.1) is 0 Å². The molecule has 0 saturated heterocycles. The third kappa shape index (κ3) is 3.52. The first kappa shape index (κ1) is 15.3. The summed E-state index contributed by atoms with van der Waals surface area (Å²) in [6, 6.07) is 13.6. The van der Waals surface area contributed by atoms with Crippen molar-refractivity contribution in [3.8, 4) is 0 Å². The molecule has 0 amide bonds. The third-order valence-electron chi connectivity index (χ3n) is 2.95. The number of rotatable bonds is 5. The molecule has 0 saturated carbocycles. The number of halogens is 2. The van der Waals surface area contributed by atoms with Crippen LogP contribution in [0.3, 0.4) is 0 Å². The molecule has 0 spiro atoms. The molecule has 0 heterocycles. The molecule has 2 aromatic carbocycles. The Morgan fingerprint density at radius 2 is 1.52 bits per heavy atom. The fourth-order valence-corrected chi connectivity index (χ4v) is 2.53. The standard InChI is InChI=1S/C15H12F2O3S/c16-15(17)21(19,20)13-8-6-11(7-9-13)10-14(18)12-4-2-1-3-5-12/h1-9,15H,10H2. The highest BCUT2D eigenvalue weighted by Crippen LogP contribution is 2.19. The van der Waals surface area contributed by atoms with Crippen molar-refractivity contribution in [2.75, 3.05) is 0 Å². The van der Waals surface area contributed by atoms with Gasteiger partial charge in [0.25, 0.3) is 0 Å². The number of hydrogen-bond acceptors (Lipinski definition) is 3. The number of Topliss-reactive ketones (excluding diaryl/α,β-unsaturated/α-hetero) is 1. The molecule has 0 N–H and O–H groups in total. The fourth-order valence-electron chi connectivity index (χ4n) is 1.81. The molecule has 0 aliphatic heterocycles. The van der Waals surface area contributed by atoms with E-state index in [0.717, 1.165) is 12.1 Å². The maximum atomic E-state index is 12.4. The lowest BCUT2D eigenvalue weighted by Crippen LogP contribution is -2.11. The van der Waals surface area contributed by atoms with Crippen LogP contribution in [-0.4, -0.2) is 20.0 Å². The number of benzene rings is 2. The molecule has 0 bridgehead atoms. The Bertz CT molecular complexity index is 723. The number of alkyl halides is 2. The van der Waals surface area contributed by atoms with Crippen LogP contribution in [0.25, 0.3) is 0 Å². The average Bonchev–Trinajstić information content (AvgIpc) is 2.48. The molecular formula is C15H12F2O3S. The van der Waals surface area contributed by atoms with E-state index in [2.05, 4.69) is 0 Å². The third-order valence-corrected chi connectivity index (χ3v) is 4.35. The van der Waals surface area contributed by atoms with Gasteiger partial charge in [-0.05, 0) is 17.7 Å². The molecule has 0 aliphatic rings. The maximum Gasteiger partial charge on any atom is 0.341 e. The lowest BCUT2D eigenvalue weighted by Gasteiger charge is -2.05. The van der Waals surface area contributed by atoms with Gasteiger partial charge in [-0.2, -0.15) is 8.78 Å². The Hall–Kier alpha value is -2.08. The Morgan fingerprint density at radius 1 is 0.952 bits per heavy atom. The van der Waals surface area contributed by atoms with E-state index in [9.17, 15) is 22.0 Å². The Kier molecular flexibility index (Phi) is 4.47. The molecule has 2 rings (SSSR count). The summed E-state index contributed by atoms with van der Waals surface area (Å²) in [4.78, 5) is 11.5. The normalized spacial score (nSPS) is 11.6. The van der Waals surface area contributed by atoms with Gasteiger partial charge in [0.2, 0.25) is 9.84 Å². The van der Waals surface area contributed by atoms with Crippen molar-refractivity contribution in [2.45, 2.75) is 17.1 Å². The fraction of sp³-hybridized carbons (Fsp3) is 0.133. The van der Waals surface area contributed by atoms with E-state index < -0.39 is 20.5 Å². The first-order valence-electron chi connectivity index (χ1n) is 6.10. The van der Waals surface area contributed by atoms with E-state index in [0.29, 0.717) is 11.1 Å². The number of ketones is 1. The van der Waals surface area contributed by atoms with Crippen LogP contribution in [0.4, 0.5) is 8.78 Å². The summed E-state index contributed by atoms with van der Waals surface area (Å²) in [5, 5.41) is 0. The van der Waals surface area contributed by atoms with Gasteiger partial charge in [-0.1, -0.05) is 42.5 Å². The molecular weight excluding hydrogens is 298 g/mol. The van der Waals surface area contributed by atoms with E-state index >= 15 is 0 Å². The van der Waals surface area contributed by atoms with Crippen molar-refractivity contribution in [2.24, 2.45) is 0 Å². The average molecular weight is 310 g/mol. The second-order valence-corrected chi connectivity index (χ2v) is 6.33. The van der Waals surface area contributed by atoms with Crippen molar-refractivity contribution in [1.29, 1.82) is 0 Å². The lowest BCUT2D eigenvalue weighted by atomic mass is 10.0. The molecule has 0 aliphatic carbocycles. The molecule has 6 heteroatoms. The SMILES string of the molecule is O=C(Cc1ccc(S(=O)(=O)C(F)F)cc1)c1ccccc1. The zero-order valence-corrected chi connectivity index (χ0v) is 11.7. The van der Waals surface area contributed by atoms with Gasteiger partial charge in [0, 0.05) is 12.0 Å². The van der Waals surface area contributed by atoms with Crippen LogP contribution in [0.5, 0.6) is 0 Å². The zero-order valence-electron chi connectivity index (χ0n) is 10.9. The minimum absolute atomic E-state index is 0.0824. The van der Waals surface area contributed by atoms with Gasteiger partial charge < -0.3 is 0 Å². The number of sulfone groups is 1. The smallest absolute Gasteiger partial charge is 0.294 e. The Morgan fingerprint density at radius 3 is 2.05 bits per heavy atom. The van der Waals surface area contributed by atoms with Crippen LogP contribution in [0.1, 0.15) is 15.9 Å². The minimum atomic E-state index is -4.59. The van der Waals surface area contributed by atoms with Crippen LogP contribution < -0.4 is 0 Å². The molecule has 3 nitrogen and oxygen atoms in total. The second-order valence-electron chi connectivity index (χ2n) is 4.42. The summed E-state index contributed by atoms with van der Waals surface area (Å²) in [7, 11) is -4.59. The van der Waals surface area contributed by atoms with Gasteiger partial charge in [0.1, 0.15) is 0 Å². The number of hydrogen-bond donors (Lipinski definition) is 0. The van der Waals surface area contributed by atoms with Crippen molar-refractivity contribution >= 4 is 15.6 Å². The van der Waals surface area contributed by atoms with Crippen molar-refractivity contribution in [1.82, 2.24) is 0 Å². The molecule has 110 valence electrons. The molecule has 2 aromatic rings. The summed E-state index contributed by atoms with van der Waals surface area (Å²) >= 11 is 0. The Labute approximate surface area is 121 Å². The summed E-state index contributed by atoms with van der Waals surface area (Å²) in [5.74, 6) is -3.57. The van der Waals surface area contributed by atoms with E-state index in [-0.39, 0.29) is 12.2 Å². The quantitative estimate of drug-likeness (QED) is 0.797. The van der Waals surface area contributed by atoms with Gasteiger partial charge in [-0.25, -0.2) is 8.42 Å². The highest BCUT2D eigenvalue weighted by Gasteiger charge is 2.26. The van der Waals surface area contributed by atoms with Gasteiger partial charge in [-0.3, -0.25) is 4.79 Å². The number of carbonyl (C=O) groups excluding carboxylic acids is 1. The van der Waals surface area contributed by atoms with Gasteiger partial charge >= 0.3 is 5.76 Å². The van der Waals surface area contributed by atoms with Crippen LogP contribution in [0.2, 0.25) is 0 Å². The molecule has 0 atom stereocenters. The highest BCUT2D eigenvalue weighted by atomic mass is 32.2. The zero-order chi connectivity index (χ0) is 15.5. The predicted molar refractivity (Wildman–Crippen MR) is 74.1 cm³/mol. The van der Waals surface area contributed by atoms with Crippen molar-refractivity contribution < 1.29 is 22.0 Å². The highest BCUT2D eigenvalue weighted by molar-refractivity contribution is 7.91. The number of carbonyl (C=O) groups is 1. The van der Waals surface area contributed by atoms with E-state index in [4.69, 9.17) is 0 Å². The van der Waals surface area contributed by atoms with Gasteiger partial charge in [-0.15, -0.1) is 0 Å². The van der Waals surface area contributed by atoms with E-state index in [1.165, 1.54) is 12.1 Å². The van der Waals surface area contributed by atoms with Gasteiger partial charge in [0.15, 0.2) is 5.78 Å². The molecule has 0 aromatic heterocycles. The van der Waals surface area contributed by atoms with Gasteiger partial charge in [0.05, 0.1) is 4.90 Å². The molecule has 0 radical (unpaired) electrons. The van der Waals surface area contributed by atoms with Crippen molar-refractivity contribution in [3.05, 3.63) is 65.7 Å². The molecule has 21 heavy (non-hydrogen) atoms. The molecule has 0 fully saturated rings. The lowest BCUT2D eigenvalue weighted by molar-refractivity contribution is 0.0993. The second kappa shape index (κ2) is 6.13. The summed E-state index contributed by atoms with van der Waals surface area (Å²) in [6.45, 7) is 0. The largest absolute Gasteiger partial charge is 0.341 e. The van der Waals surface area contributed by atoms with Crippen molar-refractivity contribution in [3.63, 3.8) is 0 Å². The minimum Gasteiger partial charge on any atom is -0.294 e. The first-order chi connectivity index (χ1) is 9.91. The van der Waals surface area contributed by atoms with Crippen LogP contribution >= 0.6 is 0 Å². The van der Waals surface area contributed by atoms with E-state index in [1.807, 2.05) is 0 Å². The summed E-state index contributed by atoms with van der Waals surface area (Å²) in [5.41, 5.74) is 1.11. The van der Waals surface area contributed by atoms with Crippen LogP contribution in [-0.2, 0) is 16.3 Å².